The molecule has 10 heteroatoms. The highest BCUT2D eigenvalue weighted by Gasteiger charge is 2.16. The van der Waals surface area contributed by atoms with Crippen molar-refractivity contribution in [3.8, 4) is 34.2 Å². The molecule has 0 amide bonds. The largest absolute Gasteiger partial charge is 0.493 e. The number of aromatic nitrogens is 5. The van der Waals surface area contributed by atoms with Crippen molar-refractivity contribution >= 4 is 34.5 Å². The van der Waals surface area contributed by atoms with Crippen LogP contribution in [0, 0.1) is 6.92 Å². The lowest BCUT2D eigenvalue weighted by Crippen LogP contribution is -2.23. The van der Waals surface area contributed by atoms with Crippen molar-refractivity contribution in [1.82, 2.24) is 24.4 Å². The van der Waals surface area contributed by atoms with E-state index < -0.39 is 0 Å². The molecule has 0 aliphatic rings. The quantitative estimate of drug-likeness (QED) is 0.165. The molecule has 0 spiro atoms. The summed E-state index contributed by atoms with van der Waals surface area (Å²) < 4.78 is 20.4. The third kappa shape index (κ3) is 6.27. The van der Waals surface area contributed by atoms with E-state index in [-0.39, 0.29) is 5.56 Å². The maximum absolute atomic E-state index is 13.5. The SMILES string of the molecule is C=CCOc1ccc(-c2nn(-c3ccccc3)cc2/C=c2\sc3nc(/C=C/c4ccc(OCC)c(OC)c4)nn3c2=O)c(C)c1. The van der Waals surface area contributed by atoms with Gasteiger partial charge in [0, 0.05) is 17.3 Å². The predicted octanol–water partition coefficient (Wildman–Crippen LogP) is 6.00. The summed E-state index contributed by atoms with van der Waals surface area (Å²) in [7, 11) is 1.60. The van der Waals surface area contributed by atoms with Crippen molar-refractivity contribution in [2.75, 3.05) is 20.3 Å². The number of methoxy groups -OCH3 is 1. The standard InChI is InChI=1S/C35H31N5O4S/c1-5-18-44-27-14-15-28(23(3)19-27)33-25(22-39(38-33)26-10-8-7-9-11-26)21-31-34(41)40-35(45-31)36-32(37-40)17-13-24-12-16-29(43-6-2)30(20-24)42-4/h5,7-17,19-22H,1,6,18H2,2-4H3/b17-13+,31-21-. The second-order valence-electron chi connectivity index (χ2n) is 10.0. The van der Waals surface area contributed by atoms with E-state index >= 15 is 0 Å². The summed E-state index contributed by atoms with van der Waals surface area (Å²) in [4.78, 5) is 18.6. The topological polar surface area (TPSA) is 92.8 Å². The van der Waals surface area contributed by atoms with Crippen LogP contribution in [0.15, 0.2) is 90.4 Å². The fraction of sp³-hybridized carbons (Fsp3) is 0.143. The van der Waals surface area contributed by atoms with Gasteiger partial charge in [-0.1, -0.05) is 54.3 Å². The molecule has 0 saturated heterocycles. The van der Waals surface area contributed by atoms with Gasteiger partial charge >= 0.3 is 0 Å². The Labute approximate surface area is 264 Å². The van der Waals surface area contributed by atoms with Crippen LogP contribution >= 0.6 is 11.3 Å². The fourth-order valence-corrected chi connectivity index (χ4v) is 5.76. The lowest BCUT2D eigenvalue weighted by Gasteiger charge is -2.09. The summed E-state index contributed by atoms with van der Waals surface area (Å²) in [5.74, 6) is 2.51. The first-order valence-electron chi connectivity index (χ1n) is 14.4. The van der Waals surface area contributed by atoms with E-state index in [2.05, 4.69) is 16.7 Å². The first kappa shape index (κ1) is 29.6. The van der Waals surface area contributed by atoms with E-state index in [9.17, 15) is 4.79 Å². The van der Waals surface area contributed by atoms with E-state index in [1.807, 2.05) is 104 Å². The molecule has 3 aromatic carbocycles. The Bertz CT molecular complexity index is 2130. The molecule has 6 rings (SSSR count). The van der Waals surface area contributed by atoms with Gasteiger partial charge in [0.1, 0.15) is 18.1 Å². The van der Waals surface area contributed by atoms with Gasteiger partial charge in [-0.3, -0.25) is 4.79 Å². The maximum atomic E-state index is 13.5. The second kappa shape index (κ2) is 13.0. The predicted molar refractivity (Wildman–Crippen MR) is 178 cm³/mol. The summed E-state index contributed by atoms with van der Waals surface area (Å²) in [5.41, 5.74) is 5.04. The first-order chi connectivity index (χ1) is 22.0. The number of hydrogen-bond donors (Lipinski definition) is 0. The molecule has 0 saturated carbocycles. The van der Waals surface area contributed by atoms with Crippen LogP contribution in [0.3, 0.4) is 0 Å². The van der Waals surface area contributed by atoms with E-state index in [1.165, 1.54) is 15.9 Å². The second-order valence-corrected chi connectivity index (χ2v) is 11.1. The van der Waals surface area contributed by atoms with Crippen molar-refractivity contribution in [3.63, 3.8) is 0 Å². The minimum absolute atomic E-state index is 0.242. The molecule has 9 nitrogen and oxygen atoms in total. The van der Waals surface area contributed by atoms with Crippen molar-refractivity contribution in [3.05, 3.63) is 123 Å². The molecule has 0 unspecified atom stereocenters. The highest BCUT2D eigenvalue weighted by atomic mass is 32.1. The normalized spacial score (nSPS) is 11.8. The lowest BCUT2D eigenvalue weighted by atomic mass is 10.0. The number of benzene rings is 3. The average molecular weight is 618 g/mol. The first-order valence-corrected chi connectivity index (χ1v) is 15.2. The number of ether oxygens (including phenoxy) is 3. The van der Waals surface area contributed by atoms with Crippen LogP contribution in [0.1, 0.15) is 29.4 Å². The molecule has 0 fully saturated rings. The highest BCUT2D eigenvalue weighted by Crippen LogP contribution is 2.31. The number of fused-ring (bicyclic) bond motifs is 1. The van der Waals surface area contributed by atoms with E-state index in [1.54, 1.807) is 19.3 Å². The van der Waals surface area contributed by atoms with Crippen LogP contribution in [-0.2, 0) is 0 Å². The van der Waals surface area contributed by atoms with Gasteiger partial charge in [-0.2, -0.15) is 14.6 Å². The van der Waals surface area contributed by atoms with Crippen LogP contribution in [0.2, 0.25) is 0 Å². The van der Waals surface area contributed by atoms with Crippen molar-refractivity contribution in [2.45, 2.75) is 13.8 Å². The van der Waals surface area contributed by atoms with Crippen molar-refractivity contribution in [2.24, 2.45) is 0 Å². The lowest BCUT2D eigenvalue weighted by molar-refractivity contribution is 0.311. The van der Waals surface area contributed by atoms with Crippen LogP contribution in [-0.4, -0.2) is 44.7 Å². The van der Waals surface area contributed by atoms with Gasteiger partial charge in [0.15, 0.2) is 17.3 Å². The number of hydrogen-bond acceptors (Lipinski definition) is 8. The molecule has 0 N–H and O–H groups in total. The van der Waals surface area contributed by atoms with Gasteiger partial charge in [0.05, 0.1) is 23.9 Å². The molecule has 0 atom stereocenters. The third-order valence-electron chi connectivity index (χ3n) is 6.98. The molecular weight excluding hydrogens is 586 g/mol. The van der Waals surface area contributed by atoms with E-state index in [4.69, 9.17) is 19.3 Å². The highest BCUT2D eigenvalue weighted by molar-refractivity contribution is 7.15. The molecule has 0 radical (unpaired) electrons. The molecule has 0 aliphatic carbocycles. The van der Waals surface area contributed by atoms with Crippen LogP contribution < -0.4 is 24.3 Å². The van der Waals surface area contributed by atoms with Gasteiger partial charge in [-0.05, 0) is 79.6 Å². The zero-order chi connectivity index (χ0) is 31.3. The molecule has 0 aliphatic heterocycles. The Balaban J connectivity index is 1.36. The number of thiazole rings is 1. The Morgan fingerprint density at radius 2 is 1.82 bits per heavy atom. The average Bonchev–Trinajstić information content (AvgIpc) is 3.74. The van der Waals surface area contributed by atoms with Crippen LogP contribution in [0.25, 0.3) is 40.1 Å². The summed E-state index contributed by atoms with van der Waals surface area (Å²) in [6, 6.07) is 21.4. The Morgan fingerprint density at radius 1 is 0.978 bits per heavy atom. The smallest absolute Gasteiger partial charge is 0.291 e. The Morgan fingerprint density at radius 3 is 2.56 bits per heavy atom. The number of rotatable bonds is 11. The molecule has 3 heterocycles. The molecule has 3 aromatic heterocycles. The molecule has 45 heavy (non-hydrogen) atoms. The number of para-hydroxylation sites is 1. The van der Waals surface area contributed by atoms with E-state index in [0.717, 1.165) is 39.4 Å². The summed E-state index contributed by atoms with van der Waals surface area (Å²) in [6.07, 6.45) is 9.14. The molecule has 226 valence electrons. The summed E-state index contributed by atoms with van der Waals surface area (Å²) in [5, 5.41) is 9.39. The minimum Gasteiger partial charge on any atom is -0.493 e. The Kier molecular flexibility index (Phi) is 8.56. The number of aryl methyl sites for hydroxylation is 1. The van der Waals surface area contributed by atoms with Gasteiger partial charge in [-0.15, -0.1) is 5.10 Å². The van der Waals surface area contributed by atoms with Gasteiger partial charge in [0.25, 0.3) is 5.56 Å². The number of nitrogens with zero attached hydrogens (tertiary/aromatic N) is 5. The molecule has 0 bridgehead atoms. The van der Waals surface area contributed by atoms with Crippen molar-refractivity contribution in [1.29, 1.82) is 0 Å². The summed E-state index contributed by atoms with van der Waals surface area (Å²) >= 11 is 1.28. The monoisotopic (exact) mass is 617 g/mol. The van der Waals surface area contributed by atoms with Gasteiger partial charge in [-0.25, -0.2) is 4.68 Å². The molecule has 6 aromatic rings. The minimum atomic E-state index is -0.242. The third-order valence-corrected chi connectivity index (χ3v) is 7.94. The Hall–Kier alpha value is -5.48. The van der Waals surface area contributed by atoms with Gasteiger partial charge in [0.2, 0.25) is 4.96 Å². The van der Waals surface area contributed by atoms with Crippen LogP contribution in [0.4, 0.5) is 0 Å². The zero-order valence-electron chi connectivity index (χ0n) is 25.1. The fourth-order valence-electron chi connectivity index (χ4n) is 4.86. The maximum Gasteiger partial charge on any atom is 0.291 e. The van der Waals surface area contributed by atoms with E-state index in [0.29, 0.717) is 40.0 Å². The summed E-state index contributed by atoms with van der Waals surface area (Å²) in [6.45, 7) is 8.63. The van der Waals surface area contributed by atoms with Crippen molar-refractivity contribution < 1.29 is 14.2 Å². The molecular formula is C35H31N5O4S. The van der Waals surface area contributed by atoms with Gasteiger partial charge < -0.3 is 14.2 Å². The zero-order valence-corrected chi connectivity index (χ0v) is 26.0. The van der Waals surface area contributed by atoms with Crippen LogP contribution in [0.5, 0.6) is 17.2 Å².